The topological polar surface area (TPSA) is 19.4 Å². The smallest absolute Gasteiger partial charge is 0.0463 e. The zero-order chi connectivity index (χ0) is 37.0. The van der Waals surface area contributed by atoms with Crippen LogP contribution in [0.5, 0.6) is 0 Å². The van der Waals surface area contributed by atoms with Crippen molar-refractivity contribution in [3.8, 4) is 0 Å². The average molecular weight is 933 g/mol. The quantitative estimate of drug-likeness (QED) is 0.0641. The van der Waals surface area contributed by atoms with Gasteiger partial charge < -0.3 is 57.6 Å². The van der Waals surface area contributed by atoms with Gasteiger partial charge in [0.05, 0.1) is 0 Å². The molecular weight excluding hydrogens is 872 g/mol. The molecule has 0 heterocycles. The van der Waals surface area contributed by atoms with Gasteiger partial charge in [-0.15, -0.1) is 0 Å². The maximum Gasteiger partial charge on any atom is 0.0463 e. The summed E-state index contributed by atoms with van der Waals surface area (Å²) in [6, 6.07) is 45.0. The van der Waals surface area contributed by atoms with Gasteiger partial charge in [0.1, 0.15) is 0 Å². The van der Waals surface area contributed by atoms with E-state index in [-0.39, 0.29) is 52.7 Å². The Bertz CT molecular complexity index is 1540. The molecule has 0 unspecified atom stereocenters. The average Bonchev–Trinajstić information content (AvgIpc) is 3.20. The molecule has 5 aromatic rings. The fourth-order valence-electron chi connectivity index (χ4n) is 7.25. The van der Waals surface area contributed by atoms with Gasteiger partial charge >= 0.3 is 0 Å². The summed E-state index contributed by atoms with van der Waals surface area (Å²) >= 11 is 0. The number of nitrogens with zero attached hydrogens (tertiary/aromatic N) is 6. The van der Waals surface area contributed by atoms with Crippen molar-refractivity contribution in [3.05, 3.63) is 121 Å². The predicted octanol–water partition coefficient (Wildman–Crippen LogP) is -6.35. The minimum Gasteiger partial charge on any atom is -1.00 e. The number of hydrogen-bond donors (Lipinski definition) is 0. The molecule has 0 spiro atoms. The fourth-order valence-corrected chi connectivity index (χ4v) is 7.25. The molecular formula is C46H60F6N6Sb-6. The zero-order valence-electron chi connectivity index (χ0n) is 35.6. The Morgan fingerprint density at radius 2 is 0.322 bits per heavy atom. The molecule has 0 bridgehead atoms. The monoisotopic (exact) mass is 931 g/mol. The summed E-state index contributed by atoms with van der Waals surface area (Å²) in [5.74, 6) is 0. The van der Waals surface area contributed by atoms with E-state index in [0.717, 1.165) is 86.5 Å². The van der Waals surface area contributed by atoms with Crippen molar-refractivity contribution in [1.29, 1.82) is 0 Å². The number of halogens is 6. The first-order valence-electron chi connectivity index (χ1n) is 19.5. The van der Waals surface area contributed by atoms with E-state index in [4.69, 9.17) is 0 Å². The van der Waals surface area contributed by atoms with E-state index in [1.54, 1.807) is 0 Å². The first kappa shape index (κ1) is 58.6. The van der Waals surface area contributed by atoms with Crippen molar-refractivity contribution < 1.29 is 28.2 Å². The first-order valence-corrected chi connectivity index (χ1v) is 19.5. The summed E-state index contributed by atoms with van der Waals surface area (Å²) in [5, 5.41) is 0. The molecule has 0 aliphatic heterocycles. The van der Waals surface area contributed by atoms with Crippen molar-refractivity contribution in [2.75, 3.05) is 81.8 Å². The Morgan fingerprint density at radius 1 is 0.220 bits per heavy atom. The van der Waals surface area contributed by atoms with E-state index in [1.807, 2.05) is 0 Å². The van der Waals surface area contributed by atoms with Gasteiger partial charge in [0, 0.05) is 134 Å². The number of benzene rings is 5. The van der Waals surface area contributed by atoms with Crippen LogP contribution in [0.4, 0.5) is 56.9 Å². The Kier molecular flexibility index (Phi) is 28.5. The minimum atomic E-state index is 0. The van der Waals surface area contributed by atoms with Crippen LogP contribution in [0.3, 0.4) is 0 Å². The summed E-state index contributed by atoms with van der Waals surface area (Å²) in [5.41, 5.74) is 11.8. The van der Waals surface area contributed by atoms with Crippen molar-refractivity contribution in [2.45, 2.75) is 55.4 Å². The second-order valence-electron chi connectivity index (χ2n) is 12.9. The van der Waals surface area contributed by atoms with Crippen LogP contribution in [0.15, 0.2) is 121 Å². The molecule has 13 heteroatoms. The van der Waals surface area contributed by atoms with E-state index < -0.39 is 0 Å². The molecule has 3 radical (unpaired) electrons. The molecule has 0 aromatic heterocycles. The Balaban J connectivity index is -0.00000448. The van der Waals surface area contributed by atoms with Crippen LogP contribution in [0.25, 0.3) is 0 Å². The maximum absolute atomic E-state index is 2.39. The van der Waals surface area contributed by atoms with E-state index in [9.17, 15) is 0 Å². The van der Waals surface area contributed by atoms with Crippen LogP contribution >= 0.6 is 0 Å². The summed E-state index contributed by atoms with van der Waals surface area (Å²) in [7, 11) is 0. The van der Waals surface area contributed by atoms with Crippen LogP contribution in [0, 0.1) is 0 Å². The van der Waals surface area contributed by atoms with Crippen LogP contribution in [0.2, 0.25) is 0 Å². The van der Waals surface area contributed by atoms with Gasteiger partial charge in [0.2, 0.25) is 0 Å². The van der Waals surface area contributed by atoms with Crippen molar-refractivity contribution in [3.63, 3.8) is 0 Å². The zero-order valence-corrected chi connectivity index (χ0v) is 38.2. The number of rotatable bonds is 18. The third kappa shape index (κ3) is 13.7. The molecule has 0 fully saturated rings. The largest absolute Gasteiger partial charge is 1.00 e. The van der Waals surface area contributed by atoms with Crippen molar-refractivity contribution in [1.82, 2.24) is 0 Å². The van der Waals surface area contributed by atoms with Gasteiger partial charge in [-0.05, 0) is 177 Å². The third-order valence-corrected chi connectivity index (χ3v) is 10.3. The number of hydrogen-bond acceptors (Lipinski definition) is 6. The van der Waals surface area contributed by atoms with Crippen LogP contribution in [-0.4, -0.2) is 76.8 Å². The molecule has 0 saturated carbocycles. The number of anilines is 10. The third-order valence-electron chi connectivity index (χ3n) is 10.3. The molecule has 6 nitrogen and oxygen atoms in total. The van der Waals surface area contributed by atoms with E-state index >= 15 is 0 Å². The first-order chi connectivity index (χ1) is 25.4. The Hall–Kier alpha value is -4.70. The van der Waals surface area contributed by atoms with E-state index in [0.29, 0.717) is 0 Å². The van der Waals surface area contributed by atoms with Gasteiger partial charge in [-0.25, -0.2) is 0 Å². The fraction of sp³-hybridized carbons (Fsp3) is 0.348. The molecule has 5 aromatic carbocycles. The second-order valence-corrected chi connectivity index (χ2v) is 12.9. The minimum absolute atomic E-state index is 0. The standard InChI is InChI=1S/C46H60N6.6FH.Sb/c1-9-47(10-2)37-17-25-41(26-18-37)51(42-27-19-38(20-28-42)48(11-3)12-4)45-33-35-46(36-34-45)52(43-29-21-39(22-30-43)49(13-5)14-6)44-31-23-40(24-32-44)50(15-7)16-8;;;;;;;/h17-36H,9-16H2,1-8H3;6*1H;/p-6. The maximum atomic E-state index is 2.39. The SMILES string of the molecule is CCN(CC)c1ccc(N(c2ccc(N(CC)CC)cc2)c2ccc(N(c3ccc(N(CC)CC)cc3)c3ccc(N(CC)CC)cc3)cc2)cc1.[F-].[F-].[F-].[F-].[F-].[F-].[Sb]. The molecule has 59 heavy (non-hydrogen) atoms. The molecule has 0 amide bonds. The van der Waals surface area contributed by atoms with E-state index in [1.165, 1.54) is 22.7 Å². The van der Waals surface area contributed by atoms with Gasteiger partial charge in [0.25, 0.3) is 0 Å². The molecule has 5 rings (SSSR count). The van der Waals surface area contributed by atoms with Gasteiger partial charge in [-0.1, -0.05) is 0 Å². The summed E-state index contributed by atoms with van der Waals surface area (Å²) in [6.07, 6.45) is 0. The van der Waals surface area contributed by atoms with E-state index in [2.05, 4.69) is 206 Å². The summed E-state index contributed by atoms with van der Waals surface area (Å²) in [4.78, 5) is 14.3. The van der Waals surface area contributed by atoms with Crippen LogP contribution < -0.4 is 57.6 Å². The van der Waals surface area contributed by atoms with Gasteiger partial charge in [0.15, 0.2) is 0 Å². The predicted molar refractivity (Wildman–Crippen MR) is 236 cm³/mol. The van der Waals surface area contributed by atoms with Gasteiger partial charge in [-0.2, -0.15) is 0 Å². The van der Waals surface area contributed by atoms with Crippen molar-refractivity contribution in [2.24, 2.45) is 0 Å². The van der Waals surface area contributed by atoms with Crippen molar-refractivity contribution >= 4 is 81.3 Å². The molecule has 327 valence electrons. The normalized spacial score (nSPS) is 9.63. The molecule has 0 aliphatic carbocycles. The summed E-state index contributed by atoms with van der Waals surface area (Å²) in [6.45, 7) is 25.6. The van der Waals surface area contributed by atoms with Crippen LogP contribution in [-0.2, 0) is 0 Å². The second kappa shape index (κ2) is 28.7. The van der Waals surface area contributed by atoms with Gasteiger partial charge in [-0.3, -0.25) is 0 Å². The molecule has 0 N–H and O–H groups in total. The Morgan fingerprint density at radius 3 is 0.424 bits per heavy atom. The van der Waals surface area contributed by atoms with Crippen LogP contribution in [0.1, 0.15) is 55.4 Å². The molecule has 0 aliphatic rings. The molecule has 0 saturated heterocycles. The molecule has 0 atom stereocenters. The Labute approximate surface area is 366 Å². The summed E-state index contributed by atoms with van der Waals surface area (Å²) < 4.78 is 0.